The second kappa shape index (κ2) is 9.25. The summed E-state index contributed by atoms with van der Waals surface area (Å²) < 4.78 is 7.89. The molecule has 3 rings (SSSR count). The number of rotatable bonds is 9. The SMILES string of the molecule is CC(C)Cn1c(CCC(N)=O)nnc1SCc1ncc(-c2ccc(Cl)cc2)o1. The Hall–Kier alpha value is -2.32. The lowest BCUT2D eigenvalue weighted by molar-refractivity contribution is -0.118. The van der Waals surface area contributed by atoms with Crippen molar-refractivity contribution in [1.82, 2.24) is 19.7 Å². The fraction of sp³-hybridized carbons (Fsp3) is 0.368. The molecule has 148 valence electrons. The van der Waals surface area contributed by atoms with Gasteiger partial charge in [0.2, 0.25) is 11.8 Å². The van der Waals surface area contributed by atoms with Gasteiger partial charge >= 0.3 is 0 Å². The smallest absolute Gasteiger partial charge is 0.217 e. The Morgan fingerprint density at radius 2 is 2.04 bits per heavy atom. The maximum atomic E-state index is 11.1. The summed E-state index contributed by atoms with van der Waals surface area (Å²) in [5.74, 6) is 2.67. The molecule has 2 aromatic heterocycles. The van der Waals surface area contributed by atoms with E-state index >= 15 is 0 Å². The van der Waals surface area contributed by atoms with Gasteiger partial charge in [0, 0.05) is 30.0 Å². The topological polar surface area (TPSA) is 99.8 Å². The molecule has 0 saturated heterocycles. The van der Waals surface area contributed by atoms with Gasteiger partial charge in [0.05, 0.1) is 11.9 Å². The molecule has 0 aliphatic heterocycles. The van der Waals surface area contributed by atoms with Crippen LogP contribution in [0.1, 0.15) is 32.0 Å². The Morgan fingerprint density at radius 1 is 1.29 bits per heavy atom. The first-order chi connectivity index (χ1) is 13.4. The summed E-state index contributed by atoms with van der Waals surface area (Å²) in [4.78, 5) is 15.4. The maximum absolute atomic E-state index is 11.1. The predicted octanol–water partition coefficient (Wildman–Crippen LogP) is 3.95. The summed E-state index contributed by atoms with van der Waals surface area (Å²) >= 11 is 7.43. The molecule has 7 nitrogen and oxygen atoms in total. The van der Waals surface area contributed by atoms with Crippen LogP contribution in [0.3, 0.4) is 0 Å². The number of oxazole rings is 1. The van der Waals surface area contributed by atoms with Gasteiger partial charge in [0.25, 0.3) is 0 Å². The highest BCUT2D eigenvalue weighted by molar-refractivity contribution is 7.98. The largest absolute Gasteiger partial charge is 0.440 e. The summed E-state index contributed by atoms with van der Waals surface area (Å²) in [6.45, 7) is 5.02. The van der Waals surface area contributed by atoms with E-state index in [-0.39, 0.29) is 12.3 Å². The molecule has 0 bridgehead atoms. The lowest BCUT2D eigenvalue weighted by Gasteiger charge is -2.11. The van der Waals surface area contributed by atoms with Crippen LogP contribution in [0.15, 0.2) is 40.0 Å². The van der Waals surface area contributed by atoms with E-state index in [0.717, 1.165) is 23.1 Å². The standard InChI is InChI=1S/C19H22ClN5O2S/c1-12(2)10-25-17(8-7-16(21)26)23-24-19(25)28-11-18-22-9-15(27-18)13-3-5-14(20)6-4-13/h3-6,9,12H,7-8,10-11H2,1-2H3,(H2,21,26). The monoisotopic (exact) mass is 419 g/mol. The van der Waals surface area contributed by atoms with Crippen molar-refractivity contribution in [3.05, 3.63) is 47.2 Å². The molecule has 3 aromatic rings. The minimum absolute atomic E-state index is 0.255. The second-order valence-electron chi connectivity index (χ2n) is 6.78. The van der Waals surface area contributed by atoms with Crippen LogP contribution in [0.25, 0.3) is 11.3 Å². The van der Waals surface area contributed by atoms with Crippen molar-refractivity contribution < 1.29 is 9.21 Å². The van der Waals surface area contributed by atoms with Gasteiger partial charge in [-0.1, -0.05) is 37.2 Å². The molecule has 2 N–H and O–H groups in total. The van der Waals surface area contributed by atoms with Crippen LogP contribution in [-0.4, -0.2) is 25.7 Å². The van der Waals surface area contributed by atoms with Gasteiger partial charge in [-0.3, -0.25) is 4.79 Å². The van der Waals surface area contributed by atoms with Gasteiger partial charge in [-0.25, -0.2) is 4.98 Å². The number of hydrogen-bond acceptors (Lipinski definition) is 6. The van der Waals surface area contributed by atoms with E-state index < -0.39 is 0 Å². The Bertz CT molecular complexity index is 936. The van der Waals surface area contributed by atoms with Crippen molar-refractivity contribution in [2.24, 2.45) is 11.7 Å². The highest BCUT2D eigenvalue weighted by Crippen LogP contribution is 2.27. The molecule has 0 saturated carbocycles. The Labute approximate surface area is 172 Å². The molecule has 0 aliphatic rings. The molecular weight excluding hydrogens is 398 g/mol. The lowest BCUT2D eigenvalue weighted by Crippen LogP contribution is -2.15. The number of amides is 1. The number of halogens is 1. The van der Waals surface area contributed by atoms with E-state index in [1.165, 1.54) is 11.8 Å². The highest BCUT2D eigenvalue weighted by Gasteiger charge is 2.16. The lowest BCUT2D eigenvalue weighted by atomic mass is 10.2. The number of hydrogen-bond donors (Lipinski definition) is 1. The van der Waals surface area contributed by atoms with E-state index in [2.05, 4.69) is 29.0 Å². The normalized spacial score (nSPS) is 11.3. The third-order valence-electron chi connectivity index (χ3n) is 3.94. The van der Waals surface area contributed by atoms with Crippen LogP contribution in [-0.2, 0) is 23.5 Å². The van der Waals surface area contributed by atoms with Crippen molar-refractivity contribution in [1.29, 1.82) is 0 Å². The maximum Gasteiger partial charge on any atom is 0.217 e. The second-order valence-corrected chi connectivity index (χ2v) is 8.16. The zero-order chi connectivity index (χ0) is 20.1. The summed E-state index contributed by atoms with van der Waals surface area (Å²) in [5, 5.41) is 9.97. The fourth-order valence-corrected chi connectivity index (χ4v) is 3.59. The minimum Gasteiger partial charge on any atom is -0.440 e. The van der Waals surface area contributed by atoms with Gasteiger partial charge < -0.3 is 14.7 Å². The molecule has 0 spiro atoms. The van der Waals surface area contributed by atoms with E-state index in [9.17, 15) is 4.79 Å². The van der Waals surface area contributed by atoms with Crippen molar-refractivity contribution in [2.45, 2.75) is 44.1 Å². The number of carbonyl (C=O) groups is 1. The number of nitrogens with zero attached hydrogens (tertiary/aromatic N) is 4. The van der Waals surface area contributed by atoms with E-state index in [1.807, 2.05) is 28.8 Å². The average Bonchev–Trinajstić information content (AvgIpc) is 3.26. The average molecular weight is 420 g/mol. The summed E-state index contributed by atoms with van der Waals surface area (Å²) in [5.41, 5.74) is 6.18. The number of nitrogens with two attached hydrogens (primary N) is 1. The molecule has 0 aliphatic carbocycles. The van der Waals surface area contributed by atoms with Gasteiger partial charge in [-0.15, -0.1) is 10.2 Å². The first-order valence-corrected chi connectivity index (χ1v) is 10.3. The third-order valence-corrected chi connectivity index (χ3v) is 5.15. The number of primary amides is 1. The Kier molecular flexibility index (Phi) is 6.74. The Morgan fingerprint density at radius 3 is 2.71 bits per heavy atom. The highest BCUT2D eigenvalue weighted by atomic mass is 35.5. The van der Waals surface area contributed by atoms with Crippen LogP contribution >= 0.6 is 23.4 Å². The fourth-order valence-electron chi connectivity index (χ4n) is 2.65. The molecule has 1 amide bonds. The minimum atomic E-state index is -0.345. The molecule has 0 radical (unpaired) electrons. The number of benzene rings is 1. The van der Waals surface area contributed by atoms with Crippen LogP contribution in [0.2, 0.25) is 5.02 Å². The van der Waals surface area contributed by atoms with Gasteiger partial charge in [-0.2, -0.15) is 0 Å². The van der Waals surface area contributed by atoms with Gasteiger partial charge in [0.15, 0.2) is 10.9 Å². The van der Waals surface area contributed by atoms with Crippen LogP contribution in [0.5, 0.6) is 0 Å². The molecule has 0 atom stereocenters. The van der Waals surface area contributed by atoms with Crippen LogP contribution in [0, 0.1) is 5.92 Å². The molecule has 0 fully saturated rings. The molecule has 9 heteroatoms. The van der Waals surface area contributed by atoms with Crippen LogP contribution < -0.4 is 5.73 Å². The number of thioether (sulfide) groups is 1. The third kappa shape index (κ3) is 5.36. The van der Waals surface area contributed by atoms with Gasteiger partial charge in [-0.05, 0) is 30.2 Å². The zero-order valence-electron chi connectivity index (χ0n) is 15.8. The quantitative estimate of drug-likeness (QED) is 0.527. The molecule has 28 heavy (non-hydrogen) atoms. The predicted molar refractivity (Wildman–Crippen MR) is 109 cm³/mol. The molecule has 0 unspecified atom stereocenters. The zero-order valence-corrected chi connectivity index (χ0v) is 17.3. The summed E-state index contributed by atoms with van der Waals surface area (Å²) in [6.07, 6.45) is 2.44. The van der Waals surface area contributed by atoms with Gasteiger partial charge in [0.1, 0.15) is 5.82 Å². The Balaban J connectivity index is 1.70. The first kappa shape index (κ1) is 20.4. The summed E-state index contributed by atoms with van der Waals surface area (Å²) in [7, 11) is 0. The van der Waals surface area contributed by atoms with Crippen LogP contribution in [0.4, 0.5) is 0 Å². The molecule has 2 heterocycles. The number of carbonyl (C=O) groups excluding carboxylic acids is 1. The van der Waals surface area contributed by atoms with E-state index in [0.29, 0.717) is 34.8 Å². The van der Waals surface area contributed by atoms with E-state index in [1.54, 1.807) is 6.20 Å². The number of aromatic nitrogens is 4. The van der Waals surface area contributed by atoms with Crippen molar-refractivity contribution in [3.8, 4) is 11.3 Å². The van der Waals surface area contributed by atoms with Crippen molar-refractivity contribution in [2.75, 3.05) is 0 Å². The van der Waals surface area contributed by atoms with E-state index in [4.69, 9.17) is 21.8 Å². The van der Waals surface area contributed by atoms with Crippen molar-refractivity contribution in [3.63, 3.8) is 0 Å². The number of aryl methyl sites for hydroxylation is 1. The first-order valence-electron chi connectivity index (χ1n) is 8.96. The van der Waals surface area contributed by atoms with Crippen molar-refractivity contribution >= 4 is 29.3 Å². The molecular formula is C19H22ClN5O2S. The summed E-state index contributed by atoms with van der Waals surface area (Å²) in [6, 6.07) is 7.42. The molecule has 1 aromatic carbocycles.